The lowest BCUT2D eigenvalue weighted by molar-refractivity contribution is 0.469. The number of aromatic hydroxyl groups is 1. The SMILES string of the molecule is Oc1c(S)ccc2cc3cc4cc5ccccc5cc4cc3cc12. The Morgan fingerprint density at radius 1 is 0.542 bits per heavy atom. The second-order valence-electron chi connectivity index (χ2n) is 6.25. The minimum atomic E-state index is 0.247. The summed E-state index contributed by atoms with van der Waals surface area (Å²) in [6, 6.07) is 25.3. The third-order valence-corrected chi connectivity index (χ3v) is 5.11. The summed E-state index contributed by atoms with van der Waals surface area (Å²) < 4.78 is 0. The van der Waals surface area contributed by atoms with Crippen molar-refractivity contribution in [2.45, 2.75) is 4.90 Å². The molecule has 0 aromatic heterocycles. The molecule has 5 rings (SSSR count). The predicted molar refractivity (Wildman–Crippen MR) is 105 cm³/mol. The summed E-state index contributed by atoms with van der Waals surface area (Å²) in [4.78, 5) is 0.605. The number of phenols is 1. The Balaban J connectivity index is 1.91. The van der Waals surface area contributed by atoms with Crippen LogP contribution in [-0.2, 0) is 0 Å². The van der Waals surface area contributed by atoms with Crippen molar-refractivity contribution in [2.24, 2.45) is 0 Å². The average molecular weight is 326 g/mol. The van der Waals surface area contributed by atoms with Crippen molar-refractivity contribution in [3.8, 4) is 5.75 Å². The molecule has 2 heteroatoms. The third-order valence-electron chi connectivity index (χ3n) is 4.75. The van der Waals surface area contributed by atoms with E-state index in [0.29, 0.717) is 4.90 Å². The smallest absolute Gasteiger partial charge is 0.136 e. The molecule has 0 spiro atoms. The molecular weight excluding hydrogens is 312 g/mol. The molecule has 0 saturated heterocycles. The Bertz CT molecular complexity index is 1270. The first kappa shape index (κ1) is 13.7. The van der Waals surface area contributed by atoms with Gasteiger partial charge in [0.25, 0.3) is 0 Å². The quantitative estimate of drug-likeness (QED) is 0.253. The Labute approximate surface area is 144 Å². The van der Waals surface area contributed by atoms with Crippen molar-refractivity contribution in [3.63, 3.8) is 0 Å². The lowest BCUT2D eigenvalue weighted by atomic mass is 9.97. The molecule has 0 unspecified atom stereocenters. The van der Waals surface area contributed by atoms with Crippen LogP contribution in [0.1, 0.15) is 0 Å². The number of thiol groups is 1. The summed E-state index contributed by atoms with van der Waals surface area (Å²) >= 11 is 4.32. The first-order chi connectivity index (χ1) is 11.7. The van der Waals surface area contributed by atoms with Crippen LogP contribution >= 0.6 is 12.6 Å². The second kappa shape index (κ2) is 4.89. The van der Waals surface area contributed by atoms with Crippen molar-refractivity contribution in [1.82, 2.24) is 0 Å². The highest BCUT2D eigenvalue weighted by Gasteiger charge is 2.07. The molecule has 0 atom stereocenters. The molecule has 1 nitrogen and oxygen atoms in total. The molecule has 5 aromatic rings. The molecule has 0 heterocycles. The second-order valence-corrected chi connectivity index (χ2v) is 6.73. The van der Waals surface area contributed by atoms with Gasteiger partial charge in [0.1, 0.15) is 5.75 Å². The summed E-state index contributed by atoms with van der Waals surface area (Å²) in [6.07, 6.45) is 0. The Hall–Kier alpha value is -2.71. The molecule has 5 aromatic carbocycles. The Morgan fingerprint density at radius 2 is 1.04 bits per heavy atom. The van der Waals surface area contributed by atoms with Gasteiger partial charge in [0.05, 0.1) is 0 Å². The van der Waals surface area contributed by atoms with E-state index in [4.69, 9.17) is 0 Å². The molecular formula is C22H14OS. The van der Waals surface area contributed by atoms with E-state index in [1.54, 1.807) is 0 Å². The van der Waals surface area contributed by atoms with Gasteiger partial charge < -0.3 is 5.11 Å². The molecule has 0 saturated carbocycles. The van der Waals surface area contributed by atoms with E-state index in [9.17, 15) is 5.11 Å². The summed E-state index contributed by atoms with van der Waals surface area (Å²) in [6.45, 7) is 0. The molecule has 0 amide bonds. The molecule has 0 aliphatic carbocycles. The third kappa shape index (κ3) is 1.97. The fraction of sp³-hybridized carbons (Fsp3) is 0. The lowest BCUT2D eigenvalue weighted by Gasteiger charge is -2.09. The van der Waals surface area contributed by atoms with Gasteiger partial charge in [-0.3, -0.25) is 0 Å². The van der Waals surface area contributed by atoms with E-state index in [0.717, 1.165) is 16.2 Å². The van der Waals surface area contributed by atoms with E-state index < -0.39 is 0 Å². The minimum absolute atomic E-state index is 0.247. The van der Waals surface area contributed by atoms with Crippen molar-refractivity contribution >= 4 is 55.7 Å². The molecule has 24 heavy (non-hydrogen) atoms. The molecule has 0 fully saturated rings. The zero-order valence-corrected chi connectivity index (χ0v) is 13.7. The summed E-state index contributed by atoms with van der Waals surface area (Å²) in [5.74, 6) is 0.247. The Morgan fingerprint density at radius 3 is 1.67 bits per heavy atom. The van der Waals surface area contributed by atoms with E-state index in [1.807, 2.05) is 18.2 Å². The fourth-order valence-electron chi connectivity index (χ4n) is 3.49. The molecule has 0 radical (unpaired) electrons. The molecule has 0 bridgehead atoms. The van der Waals surface area contributed by atoms with Gasteiger partial charge in [0.2, 0.25) is 0 Å². The van der Waals surface area contributed by atoms with E-state index in [2.05, 4.69) is 67.2 Å². The number of benzene rings is 5. The fourth-order valence-corrected chi connectivity index (χ4v) is 3.68. The van der Waals surface area contributed by atoms with E-state index >= 15 is 0 Å². The largest absolute Gasteiger partial charge is 0.506 e. The van der Waals surface area contributed by atoms with Gasteiger partial charge in [-0.25, -0.2) is 0 Å². The maximum Gasteiger partial charge on any atom is 0.136 e. The number of rotatable bonds is 0. The highest BCUT2D eigenvalue weighted by molar-refractivity contribution is 7.80. The van der Waals surface area contributed by atoms with Gasteiger partial charge in [-0.1, -0.05) is 30.3 Å². The molecule has 114 valence electrons. The molecule has 0 aliphatic heterocycles. The molecule has 1 N–H and O–H groups in total. The maximum atomic E-state index is 10.3. The van der Waals surface area contributed by atoms with Crippen LogP contribution in [-0.4, -0.2) is 5.11 Å². The van der Waals surface area contributed by atoms with Gasteiger partial charge >= 0.3 is 0 Å². The van der Waals surface area contributed by atoms with Gasteiger partial charge in [-0.05, 0) is 80.2 Å². The average Bonchev–Trinajstić information content (AvgIpc) is 2.60. The maximum absolute atomic E-state index is 10.3. The topological polar surface area (TPSA) is 20.2 Å². The van der Waals surface area contributed by atoms with Crippen molar-refractivity contribution in [3.05, 3.63) is 72.8 Å². The lowest BCUT2D eigenvalue weighted by Crippen LogP contribution is -1.81. The zero-order chi connectivity index (χ0) is 16.3. The van der Waals surface area contributed by atoms with Crippen LogP contribution in [0.25, 0.3) is 43.1 Å². The van der Waals surface area contributed by atoms with Crippen molar-refractivity contribution in [1.29, 1.82) is 0 Å². The van der Waals surface area contributed by atoms with E-state index in [-0.39, 0.29) is 5.75 Å². The van der Waals surface area contributed by atoms with Crippen LogP contribution in [0.3, 0.4) is 0 Å². The standard InChI is InChI=1S/C22H14OS/c23-22-20-12-19-11-17-8-14-4-2-1-3-13(14)7-16(17)10-18(19)9-15(20)5-6-21(22)24/h1-12,23-24H. The normalized spacial score (nSPS) is 11.7. The van der Waals surface area contributed by atoms with Crippen LogP contribution < -0.4 is 0 Å². The summed E-state index contributed by atoms with van der Waals surface area (Å²) in [7, 11) is 0. The zero-order valence-electron chi connectivity index (χ0n) is 12.8. The highest BCUT2D eigenvalue weighted by Crippen LogP contribution is 2.35. The van der Waals surface area contributed by atoms with Gasteiger partial charge in [0, 0.05) is 10.3 Å². The first-order valence-corrected chi connectivity index (χ1v) is 8.35. The van der Waals surface area contributed by atoms with Gasteiger partial charge in [-0.2, -0.15) is 0 Å². The first-order valence-electron chi connectivity index (χ1n) is 7.90. The minimum Gasteiger partial charge on any atom is -0.506 e. The predicted octanol–water partition coefficient (Wildman–Crippen LogP) is 6.29. The van der Waals surface area contributed by atoms with Crippen LogP contribution in [0, 0.1) is 0 Å². The summed E-state index contributed by atoms with van der Waals surface area (Å²) in [5.41, 5.74) is 0. The number of fused-ring (bicyclic) bond motifs is 4. The monoisotopic (exact) mass is 326 g/mol. The van der Waals surface area contributed by atoms with Gasteiger partial charge in [-0.15, -0.1) is 12.6 Å². The number of hydrogen-bond donors (Lipinski definition) is 2. The molecule has 0 aliphatic rings. The van der Waals surface area contributed by atoms with Crippen molar-refractivity contribution in [2.75, 3.05) is 0 Å². The number of phenolic OH excluding ortho intramolecular Hbond substituents is 1. The van der Waals surface area contributed by atoms with Crippen molar-refractivity contribution < 1.29 is 5.11 Å². The number of hydrogen-bond acceptors (Lipinski definition) is 2. The Kier molecular flexibility index (Phi) is 2.79. The van der Waals surface area contributed by atoms with Gasteiger partial charge in [0.15, 0.2) is 0 Å². The van der Waals surface area contributed by atoms with Crippen LogP contribution in [0.5, 0.6) is 5.75 Å². The van der Waals surface area contributed by atoms with Crippen LogP contribution in [0.15, 0.2) is 77.7 Å². The highest BCUT2D eigenvalue weighted by atomic mass is 32.1. The van der Waals surface area contributed by atoms with E-state index in [1.165, 1.54) is 26.9 Å². The summed E-state index contributed by atoms with van der Waals surface area (Å²) in [5, 5.41) is 19.4. The van der Waals surface area contributed by atoms with Crippen LogP contribution in [0.2, 0.25) is 0 Å². The van der Waals surface area contributed by atoms with Crippen LogP contribution in [0.4, 0.5) is 0 Å².